The summed E-state index contributed by atoms with van der Waals surface area (Å²) in [6.45, 7) is 0.782. The zero-order valence-electron chi connectivity index (χ0n) is 10.4. The Morgan fingerprint density at radius 2 is 2.12 bits per heavy atom. The van der Waals surface area contributed by atoms with E-state index in [0.29, 0.717) is 12.5 Å². The summed E-state index contributed by atoms with van der Waals surface area (Å²) in [5.74, 6) is -0.819. The zero-order chi connectivity index (χ0) is 12.7. The van der Waals surface area contributed by atoms with Crippen molar-refractivity contribution in [2.24, 2.45) is 5.92 Å². The third-order valence-electron chi connectivity index (χ3n) is 3.32. The van der Waals surface area contributed by atoms with Crippen LogP contribution in [0.1, 0.15) is 38.5 Å². The molecule has 0 spiro atoms. The fourth-order valence-corrected chi connectivity index (χ4v) is 2.28. The predicted octanol–water partition coefficient (Wildman–Crippen LogP) is 0.746. The molecule has 98 valence electrons. The first-order valence-electron chi connectivity index (χ1n) is 6.30. The molecule has 0 saturated heterocycles. The second-order valence-electron chi connectivity index (χ2n) is 4.63. The molecule has 1 rings (SSSR count). The minimum atomic E-state index is -0.679. The van der Waals surface area contributed by atoms with Gasteiger partial charge in [-0.1, -0.05) is 6.42 Å². The van der Waals surface area contributed by atoms with Crippen LogP contribution >= 0.6 is 0 Å². The number of rotatable bonds is 6. The van der Waals surface area contributed by atoms with Crippen LogP contribution in [-0.2, 0) is 9.59 Å². The molecule has 0 radical (unpaired) electrons. The molecule has 0 aromatic rings. The average molecular weight is 242 g/mol. The van der Waals surface area contributed by atoms with Crippen molar-refractivity contribution in [3.05, 3.63) is 0 Å². The summed E-state index contributed by atoms with van der Waals surface area (Å²) in [6.07, 6.45) is 4.86. The van der Waals surface area contributed by atoms with Crippen LogP contribution in [-0.4, -0.2) is 36.6 Å². The van der Waals surface area contributed by atoms with Crippen LogP contribution in [0.2, 0.25) is 0 Å². The van der Waals surface area contributed by atoms with E-state index in [1.54, 1.807) is 7.05 Å². The van der Waals surface area contributed by atoms with Gasteiger partial charge >= 0.3 is 5.97 Å². The number of carbonyl (C=O) groups excluding carboxylic acids is 1. The number of carboxylic acid groups (broad SMARTS) is 1. The Balaban J connectivity index is 2.14. The Bertz CT molecular complexity index is 268. The van der Waals surface area contributed by atoms with Gasteiger partial charge in [-0.25, -0.2) is 0 Å². The van der Waals surface area contributed by atoms with Gasteiger partial charge in [0, 0.05) is 19.5 Å². The summed E-state index contributed by atoms with van der Waals surface area (Å²) >= 11 is 0. The molecule has 0 bridgehead atoms. The molecule has 1 amide bonds. The van der Waals surface area contributed by atoms with E-state index in [9.17, 15) is 9.59 Å². The molecule has 0 aromatic heterocycles. The van der Waals surface area contributed by atoms with Gasteiger partial charge in [0.1, 0.15) is 0 Å². The van der Waals surface area contributed by atoms with Crippen LogP contribution in [0.15, 0.2) is 0 Å². The first-order valence-corrected chi connectivity index (χ1v) is 6.30. The molecule has 5 nitrogen and oxygen atoms in total. The largest absolute Gasteiger partial charge is 0.481 e. The van der Waals surface area contributed by atoms with Crippen molar-refractivity contribution in [3.8, 4) is 0 Å². The number of amides is 1. The summed E-state index contributed by atoms with van der Waals surface area (Å²) in [5, 5.41) is 14.9. The monoisotopic (exact) mass is 242 g/mol. The molecular weight excluding hydrogens is 220 g/mol. The van der Waals surface area contributed by atoms with Gasteiger partial charge in [-0.15, -0.1) is 0 Å². The molecule has 0 heterocycles. The van der Waals surface area contributed by atoms with Crippen LogP contribution in [0.5, 0.6) is 0 Å². The molecule has 0 aromatic carbocycles. The summed E-state index contributed by atoms with van der Waals surface area (Å²) < 4.78 is 0. The first-order chi connectivity index (χ1) is 8.13. The predicted molar refractivity (Wildman–Crippen MR) is 64.7 cm³/mol. The maximum Gasteiger partial charge on any atom is 0.306 e. The van der Waals surface area contributed by atoms with Gasteiger partial charge in [-0.05, 0) is 32.2 Å². The van der Waals surface area contributed by atoms with E-state index < -0.39 is 5.97 Å². The smallest absolute Gasteiger partial charge is 0.306 e. The minimum absolute atomic E-state index is 0.0545. The normalized spacial score (nSPS) is 24.3. The van der Waals surface area contributed by atoms with Crippen LogP contribution < -0.4 is 10.6 Å². The highest BCUT2D eigenvalue weighted by atomic mass is 16.4. The Labute approximate surface area is 102 Å². The molecule has 0 aliphatic heterocycles. The van der Waals surface area contributed by atoms with Crippen LogP contribution in [0.3, 0.4) is 0 Å². The highest BCUT2D eigenvalue weighted by Crippen LogP contribution is 2.24. The molecule has 1 fully saturated rings. The lowest BCUT2D eigenvalue weighted by molar-refractivity contribution is -0.143. The lowest BCUT2D eigenvalue weighted by atomic mass is 9.86. The highest BCUT2D eigenvalue weighted by molar-refractivity contribution is 5.75. The van der Waals surface area contributed by atoms with Gasteiger partial charge in [0.05, 0.1) is 5.92 Å². The molecule has 1 aliphatic carbocycles. The Kier molecular flexibility index (Phi) is 5.97. The van der Waals surface area contributed by atoms with Crippen LogP contribution in [0.25, 0.3) is 0 Å². The molecular formula is C12H22N2O3. The fraction of sp³-hybridized carbons (Fsp3) is 0.833. The van der Waals surface area contributed by atoms with E-state index in [0.717, 1.165) is 38.6 Å². The van der Waals surface area contributed by atoms with E-state index in [4.69, 9.17) is 5.11 Å². The SMILES string of the molecule is CNC(=O)CCCNC1CCCC(C(=O)O)C1. The number of aliphatic carboxylic acids is 1. The molecule has 17 heavy (non-hydrogen) atoms. The summed E-state index contributed by atoms with van der Waals surface area (Å²) in [4.78, 5) is 21.9. The molecule has 5 heteroatoms. The van der Waals surface area contributed by atoms with E-state index >= 15 is 0 Å². The standard InChI is InChI=1S/C12H22N2O3/c1-13-11(15)6-3-7-14-10-5-2-4-9(8-10)12(16)17/h9-10,14H,2-8H2,1H3,(H,13,15)(H,16,17). The van der Waals surface area contributed by atoms with Crippen molar-refractivity contribution in [2.75, 3.05) is 13.6 Å². The Morgan fingerprint density at radius 3 is 2.76 bits per heavy atom. The Hall–Kier alpha value is -1.10. The summed E-state index contributed by atoms with van der Waals surface area (Å²) in [6, 6.07) is 0.300. The van der Waals surface area contributed by atoms with E-state index in [-0.39, 0.29) is 11.8 Å². The molecule has 3 N–H and O–H groups in total. The van der Waals surface area contributed by atoms with Crippen molar-refractivity contribution in [3.63, 3.8) is 0 Å². The lowest BCUT2D eigenvalue weighted by Gasteiger charge is -2.27. The maximum atomic E-state index is 11.0. The van der Waals surface area contributed by atoms with Crippen LogP contribution in [0.4, 0.5) is 0 Å². The maximum absolute atomic E-state index is 11.0. The van der Waals surface area contributed by atoms with Crippen molar-refractivity contribution in [1.82, 2.24) is 10.6 Å². The van der Waals surface area contributed by atoms with Gasteiger partial charge in [-0.2, -0.15) is 0 Å². The van der Waals surface area contributed by atoms with Gasteiger partial charge in [0.2, 0.25) is 5.91 Å². The topological polar surface area (TPSA) is 78.4 Å². The van der Waals surface area contributed by atoms with Crippen LogP contribution in [0, 0.1) is 5.92 Å². The number of hydrogen-bond donors (Lipinski definition) is 3. The highest BCUT2D eigenvalue weighted by Gasteiger charge is 2.26. The Morgan fingerprint density at radius 1 is 1.35 bits per heavy atom. The van der Waals surface area contributed by atoms with Gasteiger partial charge in [0.15, 0.2) is 0 Å². The molecule has 2 unspecified atom stereocenters. The van der Waals surface area contributed by atoms with Gasteiger partial charge in [-0.3, -0.25) is 9.59 Å². The number of nitrogens with one attached hydrogen (secondary N) is 2. The van der Waals surface area contributed by atoms with E-state index in [2.05, 4.69) is 10.6 Å². The number of hydrogen-bond acceptors (Lipinski definition) is 3. The summed E-state index contributed by atoms with van der Waals surface area (Å²) in [7, 11) is 1.63. The van der Waals surface area contributed by atoms with Crippen molar-refractivity contribution < 1.29 is 14.7 Å². The van der Waals surface area contributed by atoms with Crippen molar-refractivity contribution >= 4 is 11.9 Å². The molecule has 1 aliphatic rings. The third-order valence-corrected chi connectivity index (χ3v) is 3.32. The van der Waals surface area contributed by atoms with Gasteiger partial charge < -0.3 is 15.7 Å². The first kappa shape index (κ1) is 14.0. The number of carbonyl (C=O) groups is 2. The van der Waals surface area contributed by atoms with Crippen molar-refractivity contribution in [1.29, 1.82) is 0 Å². The fourth-order valence-electron chi connectivity index (χ4n) is 2.28. The quantitative estimate of drug-likeness (QED) is 0.600. The third kappa shape index (κ3) is 5.17. The second kappa shape index (κ2) is 7.27. The van der Waals surface area contributed by atoms with Gasteiger partial charge in [0.25, 0.3) is 0 Å². The van der Waals surface area contributed by atoms with Crippen molar-refractivity contribution in [2.45, 2.75) is 44.6 Å². The lowest BCUT2D eigenvalue weighted by Crippen LogP contribution is -2.37. The molecule has 2 atom stereocenters. The summed E-state index contributed by atoms with van der Waals surface area (Å²) in [5.41, 5.74) is 0. The van der Waals surface area contributed by atoms with E-state index in [1.165, 1.54) is 0 Å². The number of carboxylic acids is 1. The molecule has 1 saturated carbocycles. The average Bonchev–Trinajstić information content (AvgIpc) is 2.34. The van der Waals surface area contributed by atoms with E-state index in [1.807, 2.05) is 0 Å². The zero-order valence-corrected chi connectivity index (χ0v) is 10.4. The second-order valence-corrected chi connectivity index (χ2v) is 4.63. The minimum Gasteiger partial charge on any atom is -0.481 e.